The molecule has 2 nitrogen and oxygen atoms in total. The Hall–Kier alpha value is -1.37. The highest BCUT2D eigenvalue weighted by Crippen LogP contribution is 2.15. The number of nitrogens with two attached hydrogens (primary N) is 1. The molecule has 1 aromatic carbocycles. The van der Waals surface area contributed by atoms with Crippen LogP contribution in [-0.4, -0.2) is 18.6 Å². The molecule has 3 N–H and O–H groups in total. The van der Waals surface area contributed by atoms with E-state index in [-0.39, 0.29) is 11.4 Å². The number of hydrogen-bond donors (Lipinski definition) is 2. The van der Waals surface area contributed by atoms with E-state index in [0.717, 1.165) is 0 Å². The van der Waals surface area contributed by atoms with Crippen molar-refractivity contribution in [3.63, 3.8) is 0 Å². The summed E-state index contributed by atoms with van der Waals surface area (Å²) in [5, 5.41) is 3.29. The third-order valence-electron chi connectivity index (χ3n) is 2.81. The first-order valence-electron chi connectivity index (χ1n) is 5.73. The van der Waals surface area contributed by atoms with Crippen LogP contribution in [0.15, 0.2) is 24.3 Å². The van der Waals surface area contributed by atoms with Crippen LogP contribution in [0.4, 0.5) is 4.39 Å². The third-order valence-corrected chi connectivity index (χ3v) is 2.81. The molecule has 0 fully saturated rings. The average molecular weight is 234 g/mol. The maximum absolute atomic E-state index is 13.5. The van der Waals surface area contributed by atoms with E-state index in [1.165, 1.54) is 6.07 Å². The molecule has 0 bridgehead atoms. The van der Waals surface area contributed by atoms with Crippen molar-refractivity contribution < 1.29 is 4.39 Å². The van der Waals surface area contributed by atoms with E-state index in [0.29, 0.717) is 31.5 Å². The normalized spacial score (nSPS) is 14.0. The van der Waals surface area contributed by atoms with Gasteiger partial charge in [0.1, 0.15) is 5.82 Å². The Balaban J connectivity index is 2.68. The van der Waals surface area contributed by atoms with Crippen molar-refractivity contribution in [1.29, 1.82) is 0 Å². The van der Waals surface area contributed by atoms with Crippen molar-refractivity contribution in [1.82, 2.24) is 5.32 Å². The van der Waals surface area contributed by atoms with Gasteiger partial charge in [-0.3, -0.25) is 0 Å². The monoisotopic (exact) mass is 234 g/mol. The predicted molar refractivity (Wildman–Crippen MR) is 69.0 cm³/mol. The molecule has 1 rings (SSSR count). The van der Waals surface area contributed by atoms with Crippen molar-refractivity contribution >= 4 is 0 Å². The second-order valence-electron chi connectivity index (χ2n) is 4.41. The lowest BCUT2D eigenvalue weighted by atomic mass is 9.92. The van der Waals surface area contributed by atoms with E-state index in [1.54, 1.807) is 12.1 Å². The van der Waals surface area contributed by atoms with E-state index in [9.17, 15) is 4.39 Å². The lowest BCUT2D eigenvalue weighted by molar-refractivity contribution is 0.361. The summed E-state index contributed by atoms with van der Waals surface area (Å²) in [6.45, 7) is 3.11. The summed E-state index contributed by atoms with van der Waals surface area (Å²) in [5.41, 5.74) is 6.10. The first kappa shape index (κ1) is 13.7. The van der Waals surface area contributed by atoms with Crippen LogP contribution in [0.1, 0.15) is 18.9 Å². The van der Waals surface area contributed by atoms with Crippen LogP contribution in [0, 0.1) is 18.2 Å². The molecule has 1 aromatic rings. The minimum absolute atomic E-state index is 0.189. The molecule has 0 aromatic heterocycles. The number of terminal acetylenes is 1. The van der Waals surface area contributed by atoms with Crippen molar-refractivity contribution in [2.45, 2.75) is 25.3 Å². The molecule has 1 unspecified atom stereocenters. The first-order valence-corrected chi connectivity index (χ1v) is 5.73. The standard InChI is InChI=1S/C14H19FN2/c1-3-4-9-17-14(2,11-16)10-12-7-5-6-8-13(12)15/h1,5-8,17H,4,9-11,16H2,2H3. The van der Waals surface area contributed by atoms with Gasteiger partial charge in [0.25, 0.3) is 0 Å². The zero-order valence-electron chi connectivity index (χ0n) is 10.2. The molecule has 0 heterocycles. The van der Waals surface area contributed by atoms with Gasteiger partial charge in [-0.2, -0.15) is 0 Å². The topological polar surface area (TPSA) is 38.0 Å². The molecular formula is C14H19FN2. The highest BCUT2D eigenvalue weighted by atomic mass is 19.1. The van der Waals surface area contributed by atoms with Crippen LogP contribution >= 0.6 is 0 Å². The van der Waals surface area contributed by atoms with Gasteiger partial charge in [-0.15, -0.1) is 12.3 Å². The Bertz CT molecular complexity index is 397. The van der Waals surface area contributed by atoms with Crippen molar-refractivity contribution in [3.8, 4) is 12.3 Å². The van der Waals surface area contributed by atoms with Gasteiger partial charge in [0.2, 0.25) is 0 Å². The van der Waals surface area contributed by atoms with Gasteiger partial charge >= 0.3 is 0 Å². The molecule has 0 aliphatic heterocycles. The Morgan fingerprint density at radius 2 is 2.18 bits per heavy atom. The second kappa shape index (κ2) is 6.39. The molecule has 0 aliphatic carbocycles. The van der Waals surface area contributed by atoms with Crippen LogP contribution < -0.4 is 11.1 Å². The fraction of sp³-hybridized carbons (Fsp3) is 0.429. The molecule has 0 amide bonds. The van der Waals surface area contributed by atoms with Crippen LogP contribution in [0.25, 0.3) is 0 Å². The fourth-order valence-electron chi connectivity index (χ4n) is 1.71. The van der Waals surface area contributed by atoms with E-state index in [4.69, 9.17) is 12.2 Å². The van der Waals surface area contributed by atoms with E-state index >= 15 is 0 Å². The molecule has 3 heteroatoms. The minimum Gasteiger partial charge on any atom is -0.329 e. The molecule has 0 aliphatic rings. The summed E-state index contributed by atoms with van der Waals surface area (Å²) in [6, 6.07) is 6.76. The average Bonchev–Trinajstić information content (AvgIpc) is 2.33. The summed E-state index contributed by atoms with van der Waals surface area (Å²) in [7, 11) is 0. The number of benzene rings is 1. The highest BCUT2D eigenvalue weighted by Gasteiger charge is 2.23. The molecule has 1 atom stereocenters. The van der Waals surface area contributed by atoms with Gasteiger partial charge < -0.3 is 11.1 Å². The number of rotatable bonds is 6. The molecule has 0 radical (unpaired) electrons. The van der Waals surface area contributed by atoms with Crippen molar-refractivity contribution in [3.05, 3.63) is 35.6 Å². The summed E-state index contributed by atoms with van der Waals surface area (Å²) < 4.78 is 13.5. The van der Waals surface area contributed by atoms with Gasteiger partial charge in [-0.1, -0.05) is 18.2 Å². The van der Waals surface area contributed by atoms with Crippen LogP contribution in [-0.2, 0) is 6.42 Å². The van der Waals surface area contributed by atoms with Gasteiger partial charge in [-0.05, 0) is 25.0 Å². The number of hydrogen-bond acceptors (Lipinski definition) is 2. The SMILES string of the molecule is C#CCCNC(C)(CN)Cc1ccccc1F. The summed E-state index contributed by atoms with van der Waals surface area (Å²) in [6.07, 6.45) is 6.40. The summed E-state index contributed by atoms with van der Waals surface area (Å²) in [5.74, 6) is 2.37. The lowest BCUT2D eigenvalue weighted by Crippen LogP contribution is -2.50. The summed E-state index contributed by atoms with van der Waals surface area (Å²) >= 11 is 0. The summed E-state index contributed by atoms with van der Waals surface area (Å²) in [4.78, 5) is 0. The smallest absolute Gasteiger partial charge is 0.126 e. The van der Waals surface area contributed by atoms with Crippen LogP contribution in [0.3, 0.4) is 0 Å². The van der Waals surface area contributed by atoms with Crippen molar-refractivity contribution in [2.24, 2.45) is 5.73 Å². The Morgan fingerprint density at radius 1 is 1.47 bits per heavy atom. The first-order chi connectivity index (χ1) is 8.11. The molecule has 0 spiro atoms. The maximum atomic E-state index is 13.5. The quantitative estimate of drug-likeness (QED) is 0.581. The Labute approximate surface area is 102 Å². The molecule has 17 heavy (non-hydrogen) atoms. The lowest BCUT2D eigenvalue weighted by Gasteiger charge is -2.29. The zero-order chi connectivity index (χ0) is 12.7. The van der Waals surface area contributed by atoms with Crippen LogP contribution in [0.5, 0.6) is 0 Å². The van der Waals surface area contributed by atoms with Gasteiger partial charge in [0.15, 0.2) is 0 Å². The van der Waals surface area contributed by atoms with Crippen molar-refractivity contribution in [2.75, 3.05) is 13.1 Å². The largest absolute Gasteiger partial charge is 0.329 e. The van der Waals surface area contributed by atoms with E-state index < -0.39 is 0 Å². The third kappa shape index (κ3) is 4.18. The van der Waals surface area contributed by atoms with Gasteiger partial charge in [0.05, 0.1) is 0 Å². The highest BCUT2D eigenvalue weighted by molar-refractivity contribution is 5.20. The van der Waals surface area contributed by atoms with Crippen LogP contribution in [0.2, 0.25) is 0 Å². The molecular weight excluding hydrogens is 215 g/mol. The second-order valence-corrected chi connectivity index (χ2v) is 4.41. The predicted octanol–water partition coefficient (Wildman–Crippen LogP) is 1.70. The van der Waals surface area contributed by atoms with Gasteiger partial charge in [0, 0.05) is 25.0 Å². The number of nitrogens with one attached hydrogen (secondary N) is 1. The van der Waals surface area contributed by atoms with E-state index in [2.05, 4.69) is 11.2 Å². The van der Waals surface area contributed by atoms with E-state index in [1.807, 2.05) is 13.0 Å². The van der Waals surface area contributed by atoms with Gasteiger partial charge in [-0.25, -0.2) is 4.39 Å². The maximum Gasteiger partial charge on any atom is 0.126 e. The minimum atomic E-state index is -0.320. The molecule has 92 valence electrons. The fourth-order valence-corrected chi connectivity index (χ4v) is 1.71. The molecule has 0 saturated heterocycles. The Morgan fingerprint density at radius 3 is 2.76 bits per heavy atom. The zero-order valence-corrected chi connectivity index (χ0v) is 10.2. The Kier molecular flexibility index (Phi) is 5.14. The molecule has 0 saturated carbocycles. The number of halogens is 1.